The molecule has 0 spiro atoms. The molecule has 2 atom stereocenters. The van der Waals surface area contributed by atoms with E-state index in [-0.39, 0.29) is 23.9 Å². The Bertz CT molecular complexity index is 469. The van der Waals surface area contributed by atoms with Crippen LogP contribution in [-0.4, -0.2) is 40.8 Å². The van der Waals surface area contributed by atoms with Crippen molar-refractivity contribution in [2.75, 3.05) is 12.0 Å². The minimum absolute atomic E-state index is 0.185. The van der Waals surface area contributed by atoms with Crippen molar-refractivity contribution in [3.05, 3.63) is 35.4 Å². The second kappa shape index (κ2) is 5.75. The lowest BCUT2D eigenvalue weighted by Gasteiger charge is -2.27. The van der Waals surface area contributed by atoms with E-state index in [1.54, 1.807) is 36.0 Å². The number of imide groups is 1. The van der Waals surface area contributed by atoms with Crippen molar-refractivity contribution in [2.45, 2.75) is 25.4 Å². The van der Waals surface area contributed by atoms with E-state index in [1.165, 1.54) is 4.90 Å². The Morgan fingerprint density at radius 3 is 2.21 bits per heavy atom. The summed E-state index contributed by atoms with van der Waals surface area (Å²) in [6.45, 7) is 1.84. The predicted octanol–water partition coefficient (Wildman–Crippen LogP) is 1.75. The van der Waals surface area contributed by atoms with E-state index in [0.29, 0.717) is 11.1 Å². The second-order valence-electron chi connectivity index (χ2n) is 4.71. The first kappa shape index (κ1) is 14.1. The van der Waals surface area contributed by atoms with E-state index in [9.17, 15) is 9.59 Å². The summed E-state index contributed by atoms with van der Waals surface area (Å²) in [6.07, 6.45) is 2.80. The minimum atomic E-state index is -0.278. The van der Waals surface area contributed by atoms with Crippen LogP contribution in [0, 0.1) is 0 Å². The summed E-state index contributed by atoms with van der Waals surface area (Å²) >= 11 is 1.71. The van der Waals surface area contributed by atoms with Crippen molar-refractivity contribution < 1.29 is 9.59 Å². The van der Waals surface area contributed by atoms with E-state index < -0.39 is 0 Å². The molecule has 0 unspecified atom stereocenters. The number of fused-ring (bicyclic) bond motifs is 1. The lowest BCUT2D eigenvalue weighted by Crippen LogP contribution is -2.48. The van der Waals surface area contributed by atoms with Crippen LogP contribution < -0.4 is 5.73 Å². The second-order valence-corrected chi connectivity index (χ2v) is 5.70. The molecule has 1 heterocycles. The lowest BCUT2D eigenvalue weighted by atomic mass is 10.1. The SMILES string of the molecule is CSCC[C@@H](N)[C@H](C)N1C(=O)c2ccccc2C1=O. The van der Waals surface area contributed by atoms with Gasteiger partial charge >= 0.3 is 0 Å². The molecule has 2 rings (SSSR count). The number of carbonyl (C=O) groups excluding carboxylic acids is 2. The molecule has 1 aromatic carbocycles. The van der Waals surface area contributed by atoms with Crippen LogP contribution in [0.5, 0.6) is 0 Å². The first-order valence-corrected chi connectivity index (χ1v) is 7.68. The van der Waals surface area contributed by atoms with Crippen molar-refractivity contribution in [3.63, 3.8) is 0 Å². The Labute approximate surface area is 117 Å². The third-order valence-corrected chi connectivity index (χ3v) is 4.15. The zero-order valence-electron chi connectivity index (χ0n) is 11.1. The molecule has 0 bridgehead atoms. The Morgan fingerprint density at radius 1 is 1.21 bits per heavy atom. The number of rotatable bonds is 5. The van der Waals surface area contributed by atoms with Crippen LogP contribution in [0.1, 0.15) is 34.1 Å². The largest absolute Gasteiger partial charge is 0.326 e. The van der Waals surface area contributed by atoms with Gasteiger partial charge in [-0.1, -0.05) is 12.1 Å². The molecule has 0 fully saturated rings. The molecule has 1 aliphatic heterocycles. The molecule has 0 saturated carbocycles. The summed E-state index contributed by atoms with van der Waals surface area (Å²) in [6, 6.07) is 6.46. The molecular formula is C14H18N2O2S. The van der Waals surface area contributed by atoms with Gasteiger partial charge in [-0.05, 0) is 37.5 Å². The van der Waals surface area contributed by atoms with Gasteiger partial charge in [-0.15, -0.1) is 0 Å². The number of thioether (sulfide) groups is 1. The number of benzene rings is 1. The molecule has 5 heteroatoms. The van der Waals surface area contributed by atoms with Crippen molar-refractivity contribution in [3.8, 4) is 0 Å². The van der Waals surface area contributed by atoms with Gasteiger partial charge in [0.25, 0.3) is 11.8 Å². The van der Waals surface area contributed by atoms with Crippen molar-refractivity contribution in [1.82, 2.24) is 4.90 Å². The summed E-state index contributed by atoms with van der Waals surface area (Å²) in [4.78, 5) is 25.8. The maximum atomic E-state index is 12.3. The zero-order chi connectivity index (χ0) is 14.0. The monoisotopic (exact) mass is 278 g/mol. The van der Waals surface area contributed by atoms with Gasteiger partial charge in [0.05, 0.1) is 17.2 Å². The highest BCUT2D eigenvalue weighted by molar-refractivity contribution is 7.98. The van der Waals surface area contributed by atoms with E-state index in [0.717, 1.165) is 12.2 Å². The number of nitrogens with two attached hydrogens (primary N) is 1. The minimum Gasteiger partial charge on any atom is -0.326 e. The Kier molecular flexibility index (Phi) is 4.27. The summed E-state index contributed by atoms with van der Waals surface area (Å²) in [5, 5.41) is 0. The van der Waals surface area contributed by atoms with Crippen LogP contribution in [0.25, 0.3) is 0 Å². The molecule has 4 nitrogen and oxygen atoms in total. The average Bonchev–Trinajstić information content (AvgIpc) is 2.68. The fourth-order valence-corrected chi connectivity index (χ4v) is 2.77. The van der Waals surface area contributed by atoms with E-state index in [2.05, 4.69) is 0 Å². The van der Waals surface area contributed by atoms with Gasteiger partial charge in [-0.3, -0.25) is 14.5 Å². The summed E-state index contributed by atoms with van der Waals surface area (Å²) in [5.74, 6) is 0.467. The van der Waals surface area contributed by atoms with Crippen LogP contribution in [0.2, 0.25) is 0 Å². The lowest BCUT2D eigenvalue weighted by molar-refractivity contribution is 0.0575. The quantitative estimate of drug-likeness (QED) is 0.834. The first-order valence-electron chi connectivity index (χ1n) is 6.29. The molecule has 0 radical (unpaired) electrons. The Morgan fingerprint density at radius 2 is 1.74 bits per heavy atom. The number of hydrogen-bond acceptors (Lipinski definition) is 4. The van der Waals surface area contributed by atoms with E-state index in [1.807, 2.05) is 13.2 Å². The van der Waals surface area contributed by atoms with E-state index in [4.69, 9.17) is 5.73 Å². The molecule has 2 N–H and O–H groups in total. The highest BCUT2D eigenvalue weighted by Crippen LogP contribution is 2.25. The number of hydrogen-bond donors (Lipinski definition) is 1. The molecule has 102 valence electrons. The molecule has 0 aromatic heterocycles. The maximum absolute atomic E-state index is 12.3. The van der Waals surface area contributed by atoms with E-state index >= 15 is 0 Å². The molecule has 0 aliphatic carbocycles. The van der Waals surface area contributed by atoms with Gasteiger partial charge < -0.3 is 5.73 Å². The first-order chi connectivity index (χ1) is 9.07. The predicted molar refractivity (Wildman–Crippen MR) is 77.4 cm³/mol. The third-order valence-electron chi connectivity index (χ3n) is 3.51. The van der Waals surface area contributed by atoms with Gasteiger partial charge in [0, 0.05) is 6.04 Å². The Hall–Kier alpha value is -1.33. The molecular weight excluding hydrogens is 260 g/mol. The van der Waals surface area contributed by atoms with Gasteiger partial charge in [0.15, 0.2) is 0 Å². The fraction of sp³-hybridized carbons (Fsp3) is 0.429. The average molecular weight is 278 g/mol. The van der Waals surface area contributed by atoms with Crippen LogP contribution in [-0.2, 0) is 0 Å². The van der Waals surface area contributed by atoms with Crippen LogP contribution >= 0.6 is 11.8 Å². The maximum Gasteiger partial charge on any atom is 0.261 e. The van der Waals surface area contributed by atoms with Gasteiger partial charge in [-0.25, -0.2) is 0 Å². The van der Waals surface area contributed by atoms with Crippen molar-refractivity contribution in [1.29, 1.82) is 0 Å². The van der Waals surface area contributed by atoms with Crippen LogP contribution in [0.15, 0.2) is 24.3 Å². The number of amides is 2. The smallest absolute Gasteiger partial charge is 0.261 e. The normalized spacial score (nSPS) is 17.5. The standard InChI is InChI=1S/C14H18N2O2S/c1-9(12(15)7-8-19-2)16-13(17)10-5-3-4-6-11(10)14(16)18/h3-6,9,12H,7-8,15H2,1-2H3/t9-,12+/m0/s1. The van der Waals surface area contributed by atoms with Gasteiger partial charge in [0.2, 0.25) is 0 Å². The summed E-state index contributed by atoms with van der Waals surface area (Å²) < 4.78 is 0. The van der Waals surface area contributed by atoms with Crippen molar-refractivity contribution in [2.24, 2.45) is 5.73 Å². The molecule has 1 aromatic rings. The highest BCUT2D eigenvalue weighted by atomic mass is 32.2. The van der Waals surface area contributed by atoms with Crippen LogP contribution in [0.3, 0.4) is 0 Å². The summed E-state index contributed by atoms with van der Waals surface area (Å²) in [5.41, 5.74) is 7.05. The zero-order valence-corrected chi connectivity index (χ0v) is 11.9. The van der Waals surface area contributed by atoms with Gasteiger partial charge in [0.1, 0.15) is 0 Å². The summed E-state index contributed by atoms with van der Waals surface area (Å²) in [7, 11) is 0. The molecule has 2 amide bonds. The fourth-order valence-electron chi connectivity index (χ4n) is 2.26. The van der Waals surface area contributed by atoms with Gasteiger partial charge in [-0.2, -0.15) is 11.8 Å². The third kappa shape index (κ3) is 2.53. The van der Waals surface area contributed by atoms with Crippen LogP contribution in [0.4, 0.5) is 0 Å². The molecule has 1 aliphatic rings. The van der Waals surface area contributed by atoms with Crippen molar-refractivity contribution >= 4 is 23.6 Å². The molecule has 0 saturated heterocycles. The number of carbonyl (C=O) groups is 2. The molecule has 19 heavy (non-hydrogen) atoms. The number of nitrogens with zero attached hydrogens (tertiary/aromatic N) is 1. The topological polar surface area (TPSA) is 63.4 Å². The highest BCUT2D eigenvalue weighted by Gasteiger charge is 2.39. The Balaban J connectivity index is 2.19.